The fraction of sp³-hybridized carbons (Fsp3) is 0.611. The highest BCUT2D eigenvalue weighted by molar-refractivity contribution is 8.00. The van der Waals surface area contributed by atoms with Gasteiger partial charge in [-0.3, -0.25) is 4.79 Å². The van der Waals surface area contributed by atoms with E-state index >= 15 is 0 Å². The Morgan fingerprint density at radius 2 is 1.65 bits per heavy atom. The molecule has 0 unspecified atom stereocenters. The van der Waals surface area contributed by atoms with Gasteiger partial charge in [0.25, 0.3) is 0 Å². The minimum Gasteiger partial charge on any atom is -0.339 e. The molecule has 0 spiro atoms. The van der Waals surface area contributed by atoms with Crippen LogP contribution in [0.2, 0.25) is 0 Å². The molecule has 1 saturated heterocycles. The first kappa shape index (κ1) is 19.6. The molecule has 0 N–H and O–H groups in total. The van der Waals surface area contributed by atoms with Crippen LogP contribution >= 0.6 is 11.8 Å². The standard InChI is InChI=1S/C18H25FN2O3S2/c19-15-6-8-17(9-7-15)26(23,24)21-12-10-20(11-13-21)18(22)14-25-16-4-2-1-3-5-16/h6-9,16H,1-5,10-14H2. The van der Waals surface area contributed by atoms with Gasteiger partial charge in [0.2, 0.25) is 15.9 Å². The van der Waals surface area contributed by atoms with Gasteiger partial charge in [-0.1, -0.05) is 19.3 Å². The lowest BCUT2D eigenvalue weighted by atomic mass is 10.0. The lowest BCUT2D eigenvalue weighted by Crippen LogP contribution is -2.51. The van der Waals surface area contributed by atoms with Crippen LogP contribution in [0.25, 0.3) is 0 Å². The summed E-state index contributed by atoms with van der Waals surface area (Å²) in [6, 6.07) is 4.86. The molecule has 144 valence electrons. The van der Waals surface area contributed by atoms with Gasteiger partial charge in [0.1, 0.15) is 5.82 Å². The Morgan fingerprint density at radius 3 is 2.27 bits per heavy atom. The van der Waals surface area contributed by atoms with Crippen LogP contribution in [0.3, 0.4) is 0 Å². The smallest absolute Gasteiger partial charge is 0.243 e. The Hall–Kier alpha value is -1.12. The zero-order valence-electron chi connectivity index (χ0n) is 14.8. The molecular formula is C18H25FN2O3S2. The molecule has 1 saturated carbocycles. The Bertz CT molecular complexity index is 710. The van der Waals surface area contributed by atoms with E-state index in [1.54, 1.807) is 16.7 Å². The third kappa shape index (κ3) is 4.78. The summed E-state index contributed by atoms with van der Waals surface area (Å²) in [6.45, 7) is 1.37. The Balaban J connectivity index is 1.50. The zero-order chi connectivity index (χ0) is 18.6. The van der Waals surface area contributed by atoms with E-state index in [-0.39, 0.29) is 23.9 Å². The van der Waals surface area contributed by atoms with Crippen LogP contribution in [0.1, 0.15) is 32.1 Å². The van der Waals surface area contributed by atoms with E-state index in [2.05, 4.69) is 0 Å². The maximum absolute atomic E-state index is 13.0. The quantitative estimate of drug-likeness (QED) is 0.763. The highest BCUT2D eigenvalue weighted by atomic mass is 32.2. The van der Waals surface area contributed by atoms with Gasteiger partial charge in [0.05, 0.1) is 10.6 Å². The van der Waals surface area contributed by atoms with E-state index in [0.29, 0.717) is 24.1 Å². The molecule has 1 aromatic carbocycles. The van der Waals surface area contributed by atoms with Gasteiger partial charge in [0, 0.05) is 31.4 Å². The molecule has 2 fully saturated rings. The number of carbonyl (C=O) groups is 1. The van der Waals surface area contributed by atoms with E-state index in [0.717, 1.165) is 12.1 Å². The number of hydrogen-bond donors (Lipinski definition) is 0. The molecule has 1 aliphatic heterocycles. The van der Waals surface area contributed by atoms with Crippen LogP contribution in [-0.4, -0.2) is 60.7 Å². The van der Waals surface area contributed by atoms with Crippen LogP contribution in [-0.2, 0) is 14.8 Å². The number of thioether (sulfide) groups is 1. The summed E-state index contributed by atoms with van der Waals surface area (Å²) >= 11 is 1.75. The van der Waals surface area contributed by atoms with Gasteiger partial charge in [-0.25, -0.2) is 12.8 Å². The molecule has 1 aromatic rings. The molecule has 0 atom stereocenters. The average Bonchev–Trinajstić information content (AvgIpc) is 2.67. The van der Waals surface area contributed by atoms with Gasteiger partial charge in [-0.2, -0.15) is 4.31 Å². The van der Waals surface area contributed by atoms with Crippen molar-refractivity contribution in [3.63, 3.8) is 0 Å². The van der Waals surface area contributed by atoms with E-state index in [1.807, 2.05) is 0 Å². The number of piperazine rings is 1. The molecule has 1 amide bonds. The first-order chi connectivity index (χ1) is 12.5. The summed E-state index contributed by atoms with van der Waals surface area (Å²) in [5.41, 5.74) is 0. The summed E-state index contributed by atoms with van der Waals surface area (Å²) in [5.74, 6) is 0.115. The highest BCUT2D eigenvalue weighted by Gasteiger charge is 2.30. The summed E-state index contributed by atoms with van der Waals surface area (Å²) in [7, 11) is -3.63. The van der Waals surface area contributed by atoms with Gasteiger partial charge >= 0.3 is 0 Å². The van der Waals surface area contributed by atoms with E-state index in [1.165, 1.54) is 48.5 Å². The monoisotopic (exact) mass is 400 g/mol. The minimum absolute atomic E-state index is 0.0894. The van der Waals surface area contributed by atoms with Gasteiger partial charge in [-0.05, 0) is 37.1 Å². The van der Waals surface area contributed by atoms with Gasteiger partial charge in [0.15, 0.2) is 0 Å². The second-order valence-corrected chi connectivity index (χ2v) is 10.0. The van der Waals surface area contributed by atoms with Crippen molar-refractivity contribution in [2.45, 2.75) is 42.2 Å². The number of hydrogen-bond acceptors (Lipinski definition) is 4. The van der Waals surface area contributed by atoms with Crippen LogP contribution in [0, 0.1) is 5.82 Å². The third-order valence-electron chi connectivity index (χ3n) is 5.04. The van der Waals surface area contributed by atoms with Crippen molar-refractivity contribution in [2.75, 3.05) is 31.9 Å². The molecule has 0 bridgehead atoms. The number of carbonyl (C=O) groups excluding carboxylic acids is 1. The lowest BCUT2D eigenvalue weighted by molar-refractivity contribution is -0.129. The second kappa shape index (κ2) is 8.71. The maximum Gasteiger partial charge on any atom is 0.243 e. The fourth-order valence-electron chi connectivity index (χ4n) is 3.45. The molecular weight excluding hydrogens is 375 g/mol. The topological polar surface area (TPSA) is 57.7 Å². The van der Waals surface area contributed by atoms with Gasteiger partial charge < -0.3 is 4.90 Å². The first-order valence-corrected chi connectivity index (χ1v) is 11.6. The summed E-state index contributed by atoms with van der Waals surface area (Å²) in [6.07, 6.45) is 6.20. The van der Waals surface area contributed by atoms with Crippen molar-refractivity contribution < 1.29 is 17.6 Å². The summed E-state index contributed by atoms with van der Waals surface area (Å²) < 4.78 is 39.6. The lowest BCUT2D eigenvalue weighted by Gasteiger charge is -2.34. The van der Waals surface area contributed by atoms with E-state index in [4.69, 9.17) is 0 Å². The summed E-state index contributed by atoms with van der Waals surface area (Å²) in [5, 5.41) is 0.591. The molecule has 26 heavy (non-hydrogen) atoms. The average molecular weight is 401 g/mol. The molecule has 2 aliphatic rings. The van der Waals surface area contributed by atoms with E-state index < -0.39 is 15.8 Å². The fourth-order valence-corrected chi connectivity index (χ4v) is 6.10. The van der Waals surface area contributed by atoms with Crippen LogP contribution in [0.15, 0.2) is 29.2 Å². The number of amides is 1. The minimum atomic E-state index is -3.63. The normalized spacial score (nSPS) is 20.3. The third-order valence-corrected chi connectivity index (χ3v) is 8.31. The highest BCUT2D eigenvalue weighted by Crippen LogP contribution is 2.28. The van der Waals surface area contributed by atoms with Crippen LogP contribution < -0.4 is 0 Å². The number of sulfonamides is 1. The SMILES string of the molecule is O=C(CSC1CCCCC1)N1CCN(S(=O)(=O)c2ccc(F)cc2)CC1. The predicted molar refractivity (Wildman–Crippen MR) is 101 cm³/mol. The van der Waals surface area contributed by atoms with Crippen molar-refractivity contribution in [3.8, 4) is 0 Å². The number of nitrogens with zero attached hydrogens (tertiary/aromatic N) is 2. The molecule has 0 aromatic heterocycles. The number of benzene rings is 1. The molecule has 0 radical (unpaired) electrons. The Morgan fingerprint density at radius 1 is 1.04 bits per heavy atom. The van der Waals surface area contributed by atoms with E-state index in [9.17, 15) is 17.6 Å². The molecule has 5 nitrogen and oxygen atoms in total. The van der Waals surface area contributed by atoms with Gasteiger partial charge in [-0.15, -0.1) is 11.8 Å². The largest absolute Gasteiger partial charge is 0.339 e. The number of rotatable bonds is 5. The van der Waals surface area contributed by atoms with Crippen molar-refractivity contribution in [2.24, 2.45) is 0 Å². The summed E-state index contributed by atoms with van der Waals surface area (Å²) in [4.78, 5) is 14.2. The van der Waals surface area contributed by atoms with Crippen molar-refractivity contribution >= 4 is 27.7 Å². The number of halogens is 1. The van der Waals surface area contributed by atoms with Crippen LogP contribution in [0.5, 0.6) is 0 Å². The van der Waals surface area contributed by atoms with Crippen molar-refractivity contribution in [1.82, 2.24) is 9.21 Å². The Labute approximate surface area is 159 Å². The molecule has 8 heteroatoms. The second-order valence-electron chi connectivity index (χ2n) is 6.81. The van der Waals surface area contributed by atoms with Crippen LogP contribution in [0.4, 0.5) is 4.39 Å². The molecule has 1 heterocycles. The predicted octanol–water partition coefficient (Wildman–Crippen LogP) is 2.72. The maximum atomic E-state index is 13.0. The van der Waals surface area contributed by atoms with Crippen molar-refractivity contribution in [3.05, 3.63) is 30.1 Å². The molecule has 1 aliphatic carbocycles. The first-order valence-electron chi connectivity index (χ1n) is 9.12. The Kier molecular flexibility index (Phi) is 6.58. The molecule has 3 rings (SSSR count). The van der Waals surface area contributed by atoms with Crippen molar-refractivity contribution in [1.29, 1.82) is 0 Å². The zero-order valence-corrected chi connectivity index (χ0v) is 16.4.